The summed E-state index contributed by atoms with van der Waals surface area (Å²) in [7, 11) is 1.60. The summed E-state index contributed by atoms with van der Waals surface area (Å²) in [5.74, 6) is 0.200. The van der Waals surface area contributed by atoms with E-state index in [9.17, 15) is 10.1 Å². The number of halogens is 1. The molecule has 3 aromatic carbocycles. The summed E-state index contributed by atoms with van der Waals surface area (Å²) < 4.78 is 6.97. The Kier molecular flexibility index (Phi) is 6.53. The summed E-state index contributed by atoms with van der Waals surface area (Å²) in [5, 5.41) is 17.7. The molecule has 1 heterocycles. The Morgan fingerprint density at radius 1 is 1.06 bits per heavy atom. The molecule has 4 rings (SSSR count). The molecular weight excluding hydrogens is 436 g/mol. The lowest BCUT2D eigenvalue weighted by Crippen LogP contribution is -2.13. The number of nitrogens with one attached hydrogen (secondary N) is 1. The van der Waals surface area contributed by atoms with Gasteiger partial charge in [0, 0.05) is 28.0 Å². The molecule has 1 amide bonds. The van der Waals surface area contributed by atoms with Gasteiger partial charge in [-0.05, 0) is 66.7 Å². The lowest BCUT2D eigenvalue weighted by Gasteiger charge is -2.05. The molecule has 162 valence electrons. The number of para-hydroxylation sites is 1. The highest BCUT2D eigenvalue weighted by Gasteiger charge is 2.15. The maximum absolute atomic E-state index is 12.8. The maximum Gasteiger partial charge on any atom is 0.266 e. The number of hydrogen-bond donors (Lipinski definition) is 1. The largest absolute Gasteiger partial charge is 0.497 e. The van der Waals surface area contributed by atoms with Crippen LogP contribution in [0.25, 0.3) is 23.0 Å². The fourth-order valence-electron chi connectivity index (χ4n) is 3.21. The molecule has 0 radical (unpaired) electrons. The van der Waals surface area contributed by atoms with E-state index >= 15 is 0 Å². The number of ether oxygens (including phenoxy) is 1. The Balaban J connectivity index is 1.74. The summed E-state index contributed by atoms with van der Waals surface area (Å²) in [6.07, 6.45) is 3.33. The Morgan fingerprint density at radius 3 is 2.39 bits per heavy atom. The first kappa shape index (κ1) is 21.9. The van der Waals surface area contributed by atoms with Gasteiger partial charge in [-0.1, -0.05) is 29.8 Å². The van der Waals surface area contributed by atoms with Crippen LogP contribution in [0.4, 0.5) is 5.69 Å². The zero-order chi connectivity index (χ0) is 23.2. The van der Waals surface area contributed by atoms with Gasteiger partial charge in [0.2, 0.25) is 0 Å². The molecular formula is C26H19ClN4O2. The zero-order valence-corrected chi connectivity index (χ0v) is 18.5. The number of amides is 1. The third kappa shape index (κ3) is 5.12. The van der Waals surface area contributed by atoms with Gasteiger partial charge in [0.1, 0.15) is 17.4 Å². The molecule has 1 N–H and O–H groups in total. The number of carbonyl (C=O) groups excluding carboxylic acids is 1. The number of carbonyl (C=O) groups is 1. The number of aromatic nitrogens is 2. The van der Waals surface area contributed by atoms with Crippen LogP contribution in [0.5, 0.6) is 5.75 Å². The van der Waals surface area contributed by atoms with Gasteiger partial charge in [0.05, 0.1) is 18.5 Å². The van der Waals surface area contributed by atoms with E-state index in [2.05, 4.69) is 5.32 Å². The van der Waals surface area contributed by atoms with Crippen molar-refractivity contribution in [2.75, 3.05) is 12.4 Å². The predicted octanol–water partition coefficient (Wildman–Crippen LogP) is 5.75. The van der Waals surface area contributed by atoms with Crippen molar-refractivity contribution in [2.24, 2.45) is 0 Å². The van der Waals surface area contributed by atoms with Crippen molar-refractivity contribution in [1.82, 2.24) is 9.78 Å². The number of nitrogens with zero attached hydrogens (tertiary/aromatic N) is 3. The Morgan fingerprint density at radius 2 is 1.76 bits per heavy atom. The van der Waals surface area contributed by atoms with Gasteiger partial charge < -0.3 is 10.1 Å². The third-order valence-corrected chi connectivity index (χ3v) is 5.15. The molecule has 0 saturated carbocycles. The van der Waals surface area contributed by atoms with Gasteiger partial charge >= 0.3 is 0 Å². The number of rotatable bonds is 6. The van der Waals surface area contributed by atoms with Gasteiger partial charge in [0.15, 0.2) is 0 Å². The van der Waals surface area contributed by atoms with Crippen molar-refractivity contribution in [3.8, 4) is 28.8 Å². The smallest absolute Gasteiger partial charge is 0.266 e. The van der Waals surface area contributed by atoms with Crippen molar-refractivity contribution < 1.29 is 9.53 Å². The van der Waals surface area contributed by atoms with E-state index in [0.717, 1.165) is 17.0 Å². The quantitative estimate of drug-likeness (QED) is 0.297. The first-order valence-corrected chi connectivity index (χ1v) is 10.4. The van der Waals surface area contributed by atoms with Crippen LogP contribution < -0.4 is 10.1 Å². The molecule has 1 aromatic heterocycles. The van der Waals surface area contributed by atoms with Gasteiger partial charge in [-0.3, -0.25) is 4.79 Å². The molecule has 0 unspecified atom stereocenters. The molecule has 0 saturated heterocycles. The van der Waals surface area contributed by atoms with Crippen LogP contribution in [-0.2, 0) is 4.79 Å². The van der Waals surface area contributed by atoms with Gasteiger partial charge in [0.25, 0.3) is 5.91 Å². The van der Waals surface area contributed by atoms with E-state index < -0.39 is 5.91 Å². The topological polar surface area (TPSA) is 79.9 Å². The minimum atomic E-state index is -0.520. The van der Waals surface area contributed by atoms with Crippen molar-refractivity contribution in [3.63, 3.8) is 0 Å². The molecule has 0 spiro atoms. The number of anilines is 1. The number of methoxy groups -OCH3 is 1. The predicted molar refractivity (Wildman–Crippen MR) is 129 cm³/mol. The molecule has 4 aromatic rings. The molecule has 0 aliphatic rings. The van der Waals surface area contributed by atoms with E-state index in [1.165, 1.54) is 6.08 Å². The molecule has 33 heavy (non-hydrogen) atoms. The standard InChI is InChI=1S/C26H19ClN4O2/c1-33-24-13-7-18(8-14-24)25-20(17-31(30-25)23-5-3-2-4-6-23)15-19(16-28)26(32)29-22-11-9-21(27)10-12-22/h2-15,17H,1H3,(H,29,32). The molecule has 0 atom stereocenters. The van der Waals surface area contributed by atoms with E-state index in [1.807, 2.05) is 60.7 Å². The number of hydrogen-bond acceptors (Lipinski definition) is 4. The summed E-state index contributed by atoms with van der Waals surface area (Å²) in [6, 6.07) is 25.7. The van der Waals surface area contributed by atoms with Crippen LogP contribution in [0.2, 0.25) is 5.02 Å². The molecule has 7 heteroatoms. The van der Waals surface area contributed by atoms with Crippen LogP contribution in [-0.4, -0.2) is 22.8 Å². The summed E-state index contributed by atoms with van der Waals surface area (Å²) in [6.45, 7) is 0. The Bertz CT molecular complexity index is 1340. The first-order chi connectivity index (χ1) is 16.1. The molecule has 6 nitrogen and oxygen atoms in total. The van der Waals surface area contributed by atoms with Crippen LogP contribution in [0.1, 0.15) is 5.56 Å². The maximum atomic E-state index is 12.8. The second-order valence-electron chi connectivity index (χ2n) is 7.07. The highest BCUT2D eigenvalue weighted by atomic mass is 35.5. The molecule has 0 aliphatic heterocycles. The van der Waals surface area contributed by atoms with Gasteiger partial charge in [-0.2, -0.15) is 10.4 Å². The Hall–Kier alpha value is -4.34. The van der Waals surface area contributed by atoms with Crippen LogP contribution in [0.15, 0.2) is 90.6 Å². The summed E-state index contributed by atoms with van der Waals surface area (Å²) in [4.78, 5) is 12.8. The normalized spacial score (nSPS) is 11.0. The van der Waals surface area contributed by atoms with E-state index in [4.69, 9.17) is 21.4 Å². The molecule has 0 bridgehead atoms. The zero-order valence-electron chi connectivity index (χ0n) is 17.7. The first-order valence-electron chi connectivity index (χ1n) is 10.1. The summed E-state index contributed by atoms with van der Waals surface area (Å²) in [5.41, 5.74) is 3.44. The summed E-state index contributed by atoms with van der Waals surface area (Å²) >= 11 is 5.90. The van der Waals surface area contributed by atoms with Gasteiger partial charge in [-0.25, -0.2) is 4.68 Å². The van der Waals surface area contributed by atoms with Gasteiger partial charge in [-0.15, -0.1) is 0 Å². The fraction of sp³-hybridized carbons (Fsp3) is 0.0385. The average molecular weight is 455 g/mol. The second kappa shape index (κ2) is 9.86. The fourth-order valence-corrected chi connectivity index (χ4v) is 3.34. The highest BCUT2D eigenvalue weighted by Crippen LogP contribution is 2.27. The average Bonchev–Trinajstić information content (AvgIpc) is 3.28. The van der Waals surface area contributed by atoms with Crippen molar-refractivity contribution in [3.05, 3.63) is 101 Å². The number of nitriles is 1. The lowest BCUT2D eigenvalue weighted by molar-refractivity contribution is -0.112. The van der Waals surface area contributed by atoms with E-state index in [1.54, 1.807) is 42.3 Å². The van der Waals surface area contributed by atoms with Crippen LogP contribution >= 0.6 is 11.6 Å². The minimum Gasteiger partial charge on any atom is -0.497 e. The Labute approximate surface area is 196 Å². The lowest BCUT2D eigenvalue weighted by atomic mass is 10.1. The molecule has 0 aliphatic carbocycles. The second-order valence-corrected chi connectivity index (χ2v) is 7.51. The monoisotopic (exact) mass is 454 g/mol. The van der Waals surface area contributed by atoms with Crippen molar-refractivity contribution >= 4 is 29.3 Å². The third-order valence-electron chi connectivity index (χ3n) is 4.89. The molecule has 0 fully saturated rings. The van der Waals surface area contributed by atoms with Crippen molar-refractivity contribution in [1.29, 1.82) is 5.26 Å². The minimum absolute atomic E-state index is 0.0488. The van der Waals surface area contributed by atoms with E-state index in [0.29, 0.717) is 22.0 Å². The van der Waals surface area contributed by atoms with Crippen LogP contribution in [0.3, 0.4) is 0 Å². The van der Waals surface area contributed by atoms with E-state index in [-0.39, 0.29) is 5.57 Å². The van der Waals surface area contributed by atoms with Crippen molar-refractivity contribution in [2.45, 2.75) is 0 Å². The SMILES string of the molecule is COc1ccc(-c2nn(-c3ccccc3)cc2C=C(C#N)C(=O)Nc2ccc(Cl)cc2)cc1. The highest BCUT2D eigenvalue weighted by molar-refractivity contribution is 6.30. The van der Waals surface area contributed by atoms with Crippen LogP contribution in [0, 0.1) is 11.3 Å². The number of benzene rings is 3.